The van der Waals surface area contributed by atoms with Crippen molar-refractivity contribution in [3.05, 3.63) is 35.4 Å². The van der Waals surface area contributed by atoms with Crippen LogP contribution in [0.15, 0.2) is 24.3 Å². The number of nitrogens with one attached hydrogen (secondary N) is 1. The number of likely N-dealkylation sites (tertiary alicyclic amines) is 1. The van der Waals surface area contributed by atoms with Crippen LogP contribution in [0, 0.1) is 0 Å². The van der Waals surface area contributed by atoms with Crippen molar-refractivity contribution in [2.24, 2.45) is 0 Å². The maximum absolute atomic E-state index is 3.57. The molecule has 1 aromatic carbocycles. The summed E-state index contributed by atoms with van der Waals surface area (Å²) in [6.07, 6.45) is 3.52. The Kier molecular flexibility index (Phi) is 3.85. The lowest BCUT2D eigenvalue weighted by atomic mass is 9.81. The highest BCUT2D eigenvalue weighted by molar-refractivity contribution is 5.29. The second kappa shape index (κ2) is 5.19. The number of benzene rings is 1. The average Bonchev–Trinajstić information content (AvgIpc) is 2.40. The molecule has 0 aromatic heterocycles. The Morgan fingerprint density at radius 2 is 1.76 bits per heavy atom. The fourth-order valence-electron chi connectivity index (χ4n) is 2.74. The van der Waals surface area contributed by atoms with E-state index in [2.05, 4.69) is 55.5 Å². The summed E-state index contributed by atoms with van der Waals surface area (Å²) in [4.78, 5) is 2.41. The Morgan fingerprint density at radius 1 is 1.18 bits per heavy atom. The van der Waals surface area contributed by atoms with E-state index in [0.29, 0.717) is 0 Å². The number of rotatable bonds is 3. The van der Waals surface area contributed by atoms with Gasteiger partial charge in [-0.2, -0.15) is 0 Å². The average molecular weight is 232 g/mol. The van der Waals surface area contributed by atoms with Crippen molar-refractivity contribution in [1.29, 1.82) is 0 Å². The van der Waals surface area contributed by atoms with Gasteiger partial charge in [-0.1, -0.05) is 31.2 Å². The van der Waals surface area contributed by atoms with E-state index in [9.17, 15) is 0 Å². The summed E-state index contributed by atoms with van der Waals surface area (Å²) in [7, 11) is 4.30. The standard InChI is InChI=1S/C15H24N2/c1-4-13-5-7-14(8-6-13)15(16-2)9-11-17(3)12-10-15/h5-8,16H,4,9-12H2,1-3H3. The molecule has 0 spiro atoms. The first-order valence-corrected chi connectivity index (χ1v) is 6.67. The van der Waals surface area contributed by atoms with Crippen LogP contribution in [0.2, 0.25) is 0 Å². The molecule has 0 amide bonds. The van der Waals surface area contributed by atoms with Gasteiger partial charge in [0.15, 0.2) is 0 Å². The van der Waals surface area contributed by atoms with Gasteiger partial charge in [0.05, 0.1) is 0 Å². The molecule has 1 N–H and O–H groups in total. The SMILES string of the molecule is CCc1ccc(C2(NC)CCN(C)CC2)cc1. The topological polar surface area (TPSA) is 15.3 Å². The number of hydrogen-bond donors (Lipinski definition) is 1. The van der Waals surface area contributed by atoms with Crippen LogP contribution in [0.5, 0.6) is 0 Å². The first-order valence-electron chi connectivity index (χ1n) is 6.67. The van der Waals surface area contributed by atoms with Crippen molar-refractivity contribution >= 4 is 0 Å². The molecule has 1 heterocycles. The molecule has 1 aliphatic rings. The zero-order valence-electron chi connectivity index (χ0n) is 11.3. The molecule has 1 aromatic rings. The first kappa shape index (κ1) is 12.6. The second-order valence-electron chi connectivity index (χ2n) is 5.19. The highest BCUT2D eigenvalue weighted by Crippen LogP contribution is 2.32. The molecule has 1 fully saturated rings. The molecule has 94 valence electrons. The molecule has 17 heavy (non-hydrogen) atoms. The van der Waals surface area contributed by atoms with Crippen molar-refractivity contribution in [2.75, 3.05) is 27.2 Å². The van der Waals surface area contributed by atoms with Crippen LogP contribution in [0.3, 0.4) is 0 Å². The Balaban J connectivity index is 2.21. The fraction of sp³-hybridized carbons (Fsp3) is 0.600. The minimum Gasteiger partial charge on any atom is -0.310 e. The molecule has 0 radical (unpaired) electrons. The van der Waals surface area contributed by atoms with E-state index < -0.39 is 0 Å². The largest absolute Gasteiger partial charge is 0.310 e. The van der Waals surface area contributed by atoms with Crippen LogP contribution in [-0.2, 0) is 12.0 Å². The Hall–Kier alpha value is -0.860. The molecular weight excluding hydrogens is 208 g/mol. The molecule has 2 nitrogen and oxygen atoms in total. The van der Waals surface area contributed by atoms with E-state index in [4.69, 9.17) is 0 Å². The molecule has 0 bridgehead atoms. The normalized spacial score (nSPS) is 20.4. The Labute approximate surface area is 105 Å². The molecule has 0 saturated carbocycles. The quantitative estimate of drug-likeness (QED) is 0.861. The van der Waals surface area contributed by atoms with Crippen LogP contribution in [0.25, 0.3) is 0 Å². The van der Waals surface area contributed by atoms with Crippen molar-refractivity contribution in [3.63, 3.8) is 0 Å². The summed E-state index contributed by atoms with van der Waals surface area (Å²) >= 11 is 0. The van der Waals surface area contributed by atoms with Gasteiger partial charge in [-0.25, -0.2) is 0 Å². The Bertz CT molecular complexity index is 348. The summed E-state index contributed by atoms with van der Waals surface area (Å²) in [5.41, 5.74) is 3.07. The monoisotopic (exact) mass is 232 g/mol. The van der Waals surface area contributed by atoms with Gasteiger partial charge < -0.3 is 10.2 Å². The van der Waals surface area contributed by atoms with Crippen molar-refractivity contribution in [3.8, 4) is 0 Å². The van der Waals surface area contributed by atoms with E-state index in [1.54, 1.807) is 0 Å². The lowest BCUT2D eigenvalue weighted by molar-refractivity contribution is 0.164. The number of aryl methyl sites for hydroxylation is 1. The fourth-order valence-corrected chi connectivity index (χ4v) is 2.74. The lowest BCUT2D eigenvalue weighted by Gasteiger charge is -2.41. The number of hydrogen-bond acceptors (Lipinski definition) is 2. The maximum atomic E-state index is 3.57. The van der Waals surface area contributed by atoms with Crippen LogP contribution in [-0.4, -0.2) is 32.1 Å². The van der Waals surface area contributed by atoms with Gasteiger partial charge in [-0.15, -0.1) is 0 Å². The zero-order chi connectivity index (χ0) is 12.3. The molecule has 0 atom stereocenters. The minimum absolute atomic E-state index is 0.193. The van der Waals surface area contributed by atoms with Crippen molar-refractivity contribution < 1.29 is 0 Å². The summed E-state index contributed by atoms with van der Waals surface area (Å²) in [6.45, 7) is 4.56. The van der Waals surface area contributed by atoms with Crippen molar-refractivity contribution in [2.45, 2.75) is 31.7 Å². The third-order valence-corrected chi connectivity index (χ3v) is 4.23. The van der Waals surface area contributed by atoms with Gasteiger partial charge in [0.1, 0.15) is 0 Å². The third-order valence-electron chi connectivity index (χ3n) is 4.23. The highest BCUT2D eigenvalue weighted by Gasteiger charge is 2.33. The van der Waals surface area contributed by atoms with Gasteiger partial charge in [-0.3, -0.25) is 0 Å². The van der Waals surface area contributed by atoms with Crippen LogP contribution < -0.4 is 5.32 Å². The van der Waals surface area contributed by atoms with Crippen LogP contribution in [0.1, 0.15) is 30.9 Å². The molecule has 0 aliphatic carbocycles. The van der Waals surface area contributed by atoms with Gasteiger partial charge in [-0.05, 0) is 57.6 Å². The van der Waals surface area contributed by atoms with Crippen LogP contribution in [0.4, 0.5) is 0 Å². The van der Waals surface area contributed by atoms with Crippen LogP contribution >= 0.6 is 0 Å². The first-order chi connectivity index (χ1) is 8.20. The van der Waals surface area contributed by atoms with E-state index in [1.807, 2.05) is 0 Å². The van der Waals surface area contributed by atoms with Gasteiger partial charge in [0.2, 0.25) is 0 Å². The minimum atomic E-state index is 0.193. The third kappa shape index (κ3) is 2.53. The number of nitrogens with zero attached hydrogens (tertiary/aromatic N) is 1. The summed E-state index contributed by atoms with van der Waals surface area (Å²) in [6, 6.07) is 9.15. The number of piperidine rings is 1. The Morgan fingerprint density at radius 3 is 2.24 bits per heavy atom. The van der Waals surface area contributed by atoms with Gasteiger partial charge in [0.25, 0.3) is 0 Å². The predicted octanol–water partition coefficient (Wildman–Crippen LogP) is 2.39. The molecule has 0 unspecified atom stereocenters. The zero-order valence-corrected chi connectivity index (χ0v) is 11.3. The summed E-state index contributed by atoms with van der Waals surface area (Å²) in [5.74, 6) is 0. The highest BCUT2D eigenvalue weighted by atomic mass is 15.1. The van der Waals surface area contributed by atoms with E-state index >= 15 is 0 Å². The van der Waals surface area contributed by atoms with Gasteiger partial charge in [0, 0.05) is 5.54 Å². The van der Waals surface area contributed by atoms with Gasteiger partial charge >= 0.3 is 0 Å². The maximum Gasteiger partial charge on any atom is 0.0456 e. The molecule has 2 heteroatoms. The van der Waals surface area contributed by atoms with E-state index in [-0.39, 0.29) is 5.54 Å². The molecular formula is C15H24N2. The summed E-state index contributed by atoms with van der Waals surface area (Å²) < 4.78 is 0. The summed E-state index contributed by atoms with van der Waals surface area (Å²) in [5, 5.41) is 3.57. The smallest absolute Gasteiger partial charge is 0.0456 e. The molecule has 1 saturated heterocycles. The molecule has 2 rings (SSSR count). The van der Waals surface area contributed by atoms with Crippen molar-refractivity contribution in [1.82, 2.24) is 10.2 Å². The lowest BCUT2D eigenvalue weighted by Crippen LogP contribution is -2.48. The predicted molar refractivity (Wildman–Crippen MR) is 73.3 cm³/mol. The van der Waals surface area contributed by atoms with E-state index in [1.165, 1.54) is 37.1 Å². The molecule has 1 aliphatic heterocycles. The second-order valence-corrected chi connectivity index (χ2v) is 5.19. The van der Waals surface area contributed by atoms with E-state index in [0.717, 1.165) is 6.42 Å².